The Morgan fingerprint density at radius 2 is 1.90 bits per heavy atom. The largest absolute Gasteiger partial charge is 1.00 e. The van der Waals surface area contributed by atoms with Gasteiger partial charge in [0.25, 0.3) is 11.5 Å². The summed E-state index contributed by atoms with van der Waals surface area (Å²) in [7, 11) is 1.46. The molecule has 2 aromatic rings. The second-order valence-electron chi connectivity index (χ2n) is 8.58. The Hall–Kier alpha value is -3.66. The molecule has 3 heterocycles. The number of aromatic nitrogens is 2. The maximum Gasteiger partial charge on any atom is 1.00 e. The van der Waals surface area contributed by atoms with Crippen molar-refractivity contribution in [2.75, 3.05) is 17.7 Å². The van der Waals surface area contributed by atoms with Gasteiger partial charge in [-0.15, -0.1) is 11.8 Å². The first-order chi connectivity index (χ1) is 18.6. The summed E-state index contributed by atoms with van der Waals surface area (Å²) in [5.41, 5.74) is -0.431. The second kappa shape index (κ2) is 13.1. The van der Waals surface area contributed by atoms with Crippen molar-refractivity contribution in [3.63, 3.8) is 0 Å². The minimum atomic E-state index is -1.61. The van der Waals surface area contributed by atoms with Gasteiger partial charge in [0, 0.05) is 25.3 Å². The van der Waals surface area contributed by atoms with E-state index in [0.717, 1.165) is 4.90 Å². The van der Waals surface area contributed by atoms with Crippen LogP contribution in [-0.4, -0.2) is 68.0 Å². The number of ether oxygens (including phenoxy) is 1. The van der Waals surface area contributed by atoms with Crippen LogP contribution in [0, 0.1) is 0 Å². The van der Waals surface area contributed by atoms with E-state index in [0.29, 0.717) is 5.56 Å². The normalized spacial score (nSPS) is 18.4. The molecule has 204 valence electrons. The van der Waals surface area contributed by atoms with Gasteiger partial charge in [0.15, 0.2) is 0 Å². The number of β-lactam (4-membered cyclic amide) rings is 1. The third-order valence-electron chi connectivity index (χ3n) is 5.90. The number of fused-ring (bicyclic) bond motifs is 1. The molecule has 3 atom stereocenters. The third kappa shape index (κ3) is 6.55. The average molecular weight is 579 g/mol. The monoisotopic (exact) mass is 578 g/mol. The molecule has 16 heteroatoms. The molecule has 14 nitrogen and oxygen atoms in total. The maximum absolute atomic E-state index is 13.3. The smallest absolute Gasteiger partial charge is 0.543 e. The number of urea groups is 1. The number of benzene rings is 1. The van der Waals surface area contributed by atoms with Crippen molar-refractivity contribution in [3.05, 3.63) is 70.0 Å². The van der Waals surface area contributed by atoms with Crippen LogP contribution in [0.4, 0.5) is 10.5 Å². The van der Waals surface area contributed by atoms with Crippen molar-refractivity contribution in [2.45, 2.75) is 24.4 Å². The first-order valence-corrected chi connectivity index (χ1v) is 12.6. The number of thioether (sulfide) groups is 1. The number of nitrogens with zero attached hydrogens (tertiary/aromatic N) is 3. The van der Waals surface area contributed by atoms with Gasteiger partial charge in [-0.1, -0.05) is 30.3 Å². The number of aryl methyl sites for hydroxylation is 1. The van der Waals surface area contributed by atoms with Crippen LogP contribution < -0.4 is 56.2 Å². The number of rotatable bonds is 8. The van der Waals surface area contributed by atoms with Gasteiger partial charge < -0.3 is 35.2 Å². The average Bonchev–Trinajstić information content (AvgIpc) is 2.91. The molecule has 1 saturated heterocycles. The zero-order valence-corrected chi connectivity index (χ0v) is 24.5. The molecule has 0 saturated carbocycles. The Balaban J connectivity index is 0.00000441. The van der Waals surface area contributed by atoms with Crippen molar-refractivity contribution in [2.24, 2.45) is 7.05 Å². The summed E-state index contributed by atoms with van der Waals surface area (Å²) in [6.07, 6.45) is 2.44. The SMILES string of the molecule is CC(=O)OCC1=C(C(=O)[O-])N2C(=O)C(NC(=O)[C@H](NC(=O)Nc3cncn(C)c3=O)c3ccccc3)[C@H]2SC1.[Na+]. The van der Waals surface area contributed by atoms with Crippen LogP contribution in [0.5, 0.6) is 0 Å². The summed E-state index contributed by atoms with van der Waals surface area (Å²) >= 11 is 1.18. The number of anilines is 1. The molecule has 2 aliphatic rings. The van der Waals surface area contributed by atoms with E-state index in [4.69, 9.17) is 4.74 Å². The van der Waals surface area contributed by atoms with E-state index in [1.807, 2.05) is 0 Å². The summed E-state index contributed by atoms with van der Waals surface area (Å²) < 4.78 is 6.06. The molecule has 1 aromatic carbocycles. The molecule has 3 N–H and O–H groups in total. The molecular formula is C24H23N6NaO8S. The Morgan fingerprint density at radius 3 is 2.55 bits per heavy atom. The number of carboxylic acids is 1. The predicted octanol–water partition coefficient (Wildman–Crippen LogP) is -4.39. The minimum Gasteiger partial charge on any atom is -0.543 e. The van der Waals surface area contributed by atoms with Gasteiger partial charge in [-0.3, -0.25) is 24.1 Å². The number of aliphatic carboxylic acids is 1. The molecule has 40 heavy (non-hydrogen) atoms. The maximum atomic E-state index is 13.3. The number of amides is 4. The first-order valence-electron chi connectivity index (χ1n) is 11.5. The number of hydrogen-bond donors (Lipinski definition) is 3. The summed E-state index contributed by atoms with van der Waals surface area (Å²) in [5.74, 6) is -3.53. The van der Waals surface area contributed by atoms with Crippen LogP contribution in [0.25, 0.3) is 0 Å². The molecule has 0 spiro atoms. The molecule has 0 bridgehead atoms. The van der Waals surface area contributed by atoms with E-state index in [1.165, 1.54) is 42.8 Å². The van der Waals surface area contributed by atoms with Crippen molar-refractivity contribution in [3.8, 4) is 0 Å². The van der Waals surface area contributed by atoms with Crippen molar-refractivity contribution in [1.82, 2.24) is 25.1 Å². The van der Waals surface area contributed by atoms with Gasteiger partial charge >= 0.3 is 41.6 Å². The topological polar surface area (TPSA) is 192 Å². The van der Waals surface area contributed by atoms with Crippen LogP contribution in [0.3, 0.4) is 0 Å². The molecule has 0 radical (unpaired) electrons. The van der Waals surface area contributed by atoms with Gasteiger partial charge in [0.1, 0.15) is 29.8 Å². The van der Waals surface area contributed by atoms with Gasteiger partial charge in [-0.05, 0) is 5.56 Å². The van der Waals surface area contributed by atoms with E-state index < -0.39 is 58.5 Å². The van der Waals surface area contributed by atoms with Crippen LogP contribution in [0.1, 0.15) is 18.5 Å². The zero-order valence-electron chi connectivity index (χ0n) is 21.7. The quantitative estimate of drug-likeness (QED) is 0.157. The van der Waals surface area contributed by atoms with Crippen molar-refractivity contribution in [1.29, 1.82) is 0 Å². The van der Waals surface area contributed by atoms with Gasteiger partial charge in [0.2, 0.25) is 5.91 Å². The number of esters is 1. The van der Waals surface area contributed by atoms with Crippen LogP contribution >= 0.6 is 11.8 Å². The molecule has 4 rings (SSSR count). The van der Waals surface area contributed by atoms with E-state index in [9.17, 15) is 33.9 Å². The van der Waals surface area contributed by atoms with Crippen LogP contribution in [0.2, 0.25) is 0 Å². The van der Waals surface area contributed by atoms with E-state index >= 15 is 0 Å². The molecule has 2 aliphatic heterocycles. The second-order valence-corrected chi connectivity index (χ2v) is 9.69. The Kier molecular flexibility index (Phi) is 10.1. The summed E-state index contributed by atoms with van der Waals surface area (Å²) in [5, 5.41) is 18.5. The van der Waals surface area contributed by atoms with Crippen molar-refractivity contribution >= 4 is 47.2 Å². The first kappa shape index (κ1) is 30.9. The number of carbonyl (C=O) groups excluding carboxylic acids is 5. The molecule has 4 amide bonds. The van der Waals surface area contributed by atoms with Crippen molar-refractivity contribution < 1.29 is 63.4 Å². The van der Waals surface area contributed by atoms with E-state index in [2.05, 4.69) is 20.9 Å². The van der Waals surface area contributed by atoms with Gasteiger partial charge in [0.05, 0.1) is 24.2 Å². The third-order valence-corrected chi connectivity index (χ3v) is 7.24. The standard InChI is InChI=1S/C24H24N6O8S.Na/c1-12(31)38-9-14-10-39-22-17(21(34)30(22)18(14)23(35)36)27-19(32)16(13-6-4-3-5-7-13)28-24(37)26-15-8-25-11-29(2)20(15)33;/h3-8,11,16-17,22H,9-10H2,1-2H3,(H,27,32)(H,35,36)(H2,26,28,37);/q;+1/p-1/t16-,17?,22-;/m1./s1. The van der Waals surface area contributed by atoms with Crippen LogP contribution in [-0.2, 0) is 31.0 Å². The van der Waals surface area contributed by atoms with Crippen LogP contribution in [0.15, 0.2) is 58.9 Å². The number of nitrogens with one attached hydrogen (secondary N) is 3. The predicted molar refractivity (Wildman–Crippen MR) is 135 cm³/mol. The van der Waals surface area contributed by atoms with Gasteiger partial charge in [-0.2, -0.15) is 0 Å². The molecule has 1 aromatic heterocycles. The minimum absolute atomic E-state index is 0. The summed E-state index contributed by atoms with van der Waals surface area (Å²) in [6, 6.07) is 4.99. The number of carboxylic acid groups (broad SMARTS) is 1. The number of hydrogen-bond acceptors (Lipinski definition) is 10. The molecular weight excluding hydrogens is 555 g/mol. The summed E-state index contributed by atoms with van der Waals surface area (Å²) in [6.45, 7) is 0.862. The number of carbonyl (C=O) groups is 5. The van der Waals surface area contributed by atoms with E-state index in [1.54, 1.807) is 30.3 Å². The van der Waals surface area contributed by atoms with E-state index in [-0.39, 0.29) is 53.2 Å². The zero-order chi connectivity index (χ0) is 28.3. The summed E-state index contributed by atoms with van der Waals surface area (Å²) in [4.78, 5) is 79.0. The van der Waals surface area contributed by atoms with Gasteiger partial charge in [-0.25, -0.2) is 9.78 Å². The fourth-order valence-electron chi connectivity index (χ4n) is 4.03. The molecule has 0 aliphatic carbocycles. The molecule has 1 unspecified atom stereocenters. The Morgan fingerprint density at radius 1 is 1.20 bits per heavy atom. The Bertz CT molecular complexity index is 1430. The Labute approximate surface area is 253 Å². The fraction of sp³-hybridized carbons (Fsp3) is 0.292. The fourth-order valence-corrected chi connectivity index (χ4v) is 5.36. The molecule has 1 fully saturated rings.